The molecule has 40 heavy (non-hydrogen) atoms. The Hall–Kier alpha value is -3.89. The number of piperazine rings is 1. The Morgan fingerprint density at radius 1 is 0.750 bits per heavy atom. The fraction of sp³-hybridized carbons (Fsp3) is 0.323. The van der Waals surface area contributed by atoms with E-state index in [0.29, 0.717) is 26.4 Å². The first kappa shape index (κ1) is 26.3. The van der Waals surface area contributed by atoms with Crippen LogP contribution in [0.2, 0.25) is 0 Å². The van der Waals surface area contributed by atoms with E-state index in [-0.39, 0.29) is 0 Å². The summed E-state index contributed by atoms with van der Waals surface area (Å²) in [6, 6.07) is 19.0. The molecule has 0 saturated carbocycles. The number of benzene rings is 2. The van der Waals surface area contributed by atoms with Crippen LogP contribution >= 0.6 is 0 Å². The van der Waals surface area contributed by atoms with Crippen molar-refractivity contribution in [2.45, 2.75) is 0 Å². The molecule has 3 aromatic heterocycles. The van der Waals surface area contributed by atoms with E-state index >= 15 is 0 Å². The molecule has 1 saturated heterocycles. The fourth-order valence-corrected chi connectivity index (χ4v) is 5.25. The number of pyridine rings is 1. The molecule has 5 aromatic rings. The maximum atomic E-state index is 5.68. The summed E-state index contributed by atoms with van der Waals surface area (Å²) in [7, 11) is 0. The van der Waals surface area contributed by atoms with Crippen molar-refractivity contribution in [3.8, 4) is 22.3 Å². The first-order chi connectivity index (χ1) is 19.8. The van der Waals surface area contributed by atoms with Crippen molar-refractivity contribution >= 4 is 22.2 Å². The number of hydrogen-bond donors (Lipinski definition) is 1. The molecule has 4 heterocycles. The number of anilines is 1. The highest BCUT2D eigenvalue weighted by Gasteiger charge is 2.17. The number of hydrogen-bond acceptors (Lipinski definition) is 8. The Morgan fingerprint density at radius 3 is 2.40 bits per heavy atom. The van der Waals surface area contributed by atoms with Crippen LogP contribution in [0.1, 0.15) is 0 Å². The van der Waals surface area contributed by atoms with Gasteiger partial charge in [0.05, 0.1) is 38.1 Å². The van der Waals surface area contributed by atoms with Gasteiger partial charge in [-0.05, 0) is 35.4 Å². The van der Waals surface area contributed by atoms with Gasteiger partial charge in [0, 0.05) is 80.1 Å². The van der Waals surface area contributed by atoms with Crippen molar-refractivity contribution in [1.29, 1.82) is 0 Å². The summed E-state index contributed by atoms with van der Waals surface area (Å²) in [6.07, 6.45) is 7.69. The topological polar surface area (TPSA) is 94.0 Å². The van der Waals surface area contributed by atoms with E-state index in [1.54, 1.807) is 0 Å². The van der Waals surface area contributed by atoms with Gasteiger partial charge >= 0.3 is 0 Å². The van der Waals surface area contributed by atoms with Crippen molar-refractivity contribution in [3.63, 3.8) is 0 Å². The van der Waals surface area contributed by atoms with Crippen LogP contribution < -0.4 is 10.6 Å². The average molecular weight is 538 g/mol. The summed E-state index contributed by atoms with van der Waals surface area (Å²) >= 11 is 0. The average Bonchev–Trinajstić information content (AvgIpc) is 3.44. The van der Waals surface area contributed by atoms with E-state index < -0.39 is 0 Å². The van der Waals surface area contributed by atoms with Gasteiger partial charge in [-0.15, -0.1) is 0 Å². The fourth-order valence-electron chi connectivity index (χ4n) is 5.25. The molecule has 0 amide bonds. The number of rotatable bonds is 11. The van der Waals surface area contributed by atoms with E-state index in [9.17, 15) is 0 Å². The molecule has 9 heteroatoms. The minimum Gasteiger partial charge on any atom is -0.378 e. The normalized spacial score (nSPS) is 14.4. The monoisotopic (exact) mass is 537 g/mol. The van der Waals surface area contributed by atoms with Crippen LogP contribution in [-0.2, 0) is 9.47 Å². The summed E-state index contributed by atoms with van der Waals surface area (Å²) in [5.74, 6) is 0. The van der Waals surface area contributed by atoms with Crippen LogP contribution in [-0.4, -0.2) is 90.2 Å². The second kappa shape index (κ2) is 12.5. The van der Waals surface area contributed by atoms with Gasteiger partial charge in [-0.3, -0.25) is 9.88 Å². The third-order valence-corrected chi connectivity index (χ3v) is 7.42. The standard InChI is InChI=1S/C31H35N7O2/c32-10-17-39-19-20-40-18-16-36-12-14-37(15-13-36)26-8-6-24(7-9-26)25-21-34-31-29(22-35-38(31)23-25)27-3-1-5-30-28(27)4-2-11-33-30/h1-9,11,21-23H,10,12-20,32H2. The Morgan fingerprint density at radius 2 is 1.57 bits per heavy atom. The quantitative estimate of drug-likeness (QED) is 0.255. The minimum absolute atomic E-state index is 0.553. The third-order valence-electron chi connectivity index (χ3n) is 7.42. The molecule has 6 rings (SSSR count). The van der Waals surface area contributed by atoms with Crippen molar-refractivity contribution in [2.75, 3.05) is 70.6 Å². The van der Waals surface area contributed by atoms with Gasteiger partial charge in [-0.25, -0.2) is 9.50 Å². The number of aromatic nitrogens is 4. The van der Waals surface area contributed by atoms with Crippen LogP contribution in [0.4, 0.5) is 5.69 Å². The predicted molar refractivity (Wildman–Crippen MR) is 159 cm³/mol. The summed E-state index contributed by atoms with van der Waals surface area (Å²) in [4.78, 5) is 14.2. The van der Waals surface area contributed by atoms with E-state index in [1.807, 2.05) is 41.3 Å². The lowest BCUT2D eigenvalue weighted by Crippen LogP contribution is -2.47. The van der Waals surface area contributed by atoms with Crippen molar-refractivity contribution in [3.05, 3.63) is 79.4 Å². The zero-order valence-electron chi connectivity index (χ0n) is 22.7. The van der Waals surface area contributed by atoms with Crippen molar-refractivity contribution in [1.82, 2.24) is 24.5 Å². The first-order valence-corrected chi connectivity index (χ1v) is 13.9. The van der Waals surface area contributed by atoms with E-state index in [2.05, 4.69) is 62.5 Å². The molecule has 0 radical (unpaired) electrons. The smallest absolute Gasteiger partial charge is 0.162 e. The molecule has 2 N–H and O–H groups in total. The molecule has 0 aliphatic carbocycles. The predicted octanol–water partition coefficient (Wildman–Crippen LogP) is 3.73. The van der Waals surface area contributed by atoms with Gasteiger partial charge in [0.2, 0.25) is 0 Å². The summed E-state index contributed by atoms with van der Waals surface area (Å²) in [5, 5.41) is 5.73. The van der Waals surface area contributed by atoms with Crippen LogP contribution in [0.15, 0.2) is 79.4 Å². The summed E-state index contributed by atoms with van der Waals surface area (Å²) in [6.45, 7) is 8.13. The lowest BCUT2D eigenvalue weighted by Gasteiger charge is -2.36. The summed E-state index contributed by atoms with van der Waals surface area (Å²) < 4.78 is 12.9. The van der Waals surface area contributed by atoms with Crippen LogP contribution in [0.5, 0.6) is 0 Å². The lowest BCUT2D eigenvalue weighted by molar-refractivity contribution is 0.0405. The van der Waals surface area contributed by atoms with Gasteiger partial charge < -0.3 is 20.1 Å². The lowest BCUT2D eigenvalue weighted by atomic mass is 10.0. The molecule has 1 fully saturated rings. The summed E-state index contributed by atoms with van der Waals surface area (Å²) in [5.41, 5.74) is 12.7. The zero-order valence-corrected chi connectivity index (χ0v) is 22.7. The van der Waals surface area contributed by atoms with Gasteiger partial charge in [0.15, 0.2) is 5.65 Å². The molecule has 1 aliphatic heterocycles. The molecule has 9 nitrogen and oxygen atoms in total. The van der Waals surface area contributed by atoms with Gasteiger partial charge in [-0.1, -0.05) is 30.3 Å². The number of ether oxygens (including phenoxy) is 2. The largest absolute Gasteiger partial charge is 0.378 e. The van der Waals surface area contributed by atoms with Crippen LogP contribution in [0.25, 0.3) is 38.8 Å². The molecular weight excluding hydrogens is 502 g/mol. The Bertz CT molecular complexity index is 1540. The number of nitrogens with zero attached hydrogens (tertiary/aromatic N) is 6. The van der Waals surface area contributed by atoms with Gasteiger partial charge in [0.1, 0.15) is 0 Å². The SMILES string of the molecule is NCCOCCOCCN1CCN(c2ccc(-c3cnc4c(-c5cccc6ncccc56)cnn4c3)cc2)CC1. The molecule has 1 aliphatic rings. The highest BCUT2D eigenvalue weighted by Crippen LogP contribution is 2.31. The molecule has 0 bridgehead atoms. The highest BCUT2D eigenvalue weighted by molar-refractivity contribution is 5.97. The van der Waals surface area contributed by atoms with Crippen LogP contribution in [0.3, 0.4) is 0 Å². The van der Waals surface area contributed by atoms with Crippen molar-refractivity contribution in [2.24, 2.45) is 5.73 Å². The third kappa shape index (κ3) is 5.83. The number of fused-ring (bicyclic) bond motifs is 2. The molecule has 0 spiro atoms. The maximum absolute atomic E-state index is 5.68. The van der Waals surface area contributed by atoms with Gasteiger partial charge in [0.25, 0.3) is 0 Å². The minimum atomic E-state index is 0.553. The molecule has 2 aromatic carbocycles. The second-order valence-electron chi connectivity index (χ2n) is 9.93. The van der Waals surface area contributed by atoms with E-state index in [4.69, 9.17) is 20.2 Å². The highest BCUT2D eigenvalue weighted by atomic mass is 16.5. The second-order valence-corrected chi connectivity index (χ2v) is 9.93. The Labute approximate surface area is 234 Å². The number of nitrogens with two attached hydrogens (primary N) is 1. The molecular formula is C31H35N7O2. The Kier molecular flexibility index (Phi) is 8.25. The molecule has 206 valence electrons. The molecule has 0 atom stereocenters. The zero-order chi connectivity index (χ0) is 27.1. The van der Waals surface area contributed by atoms with Crippen molar-refractivity contribution < 1.29 is 9.47 Å². The first-order valence-electron chi connectivity index (χ1n) is 13.9. The Balaban J connectivity index is 1.07. The van der Waals surface area contributed by atoms with E-state index in [0.717, 1.165) is 78.1 Å². The molecule has 0 unspecified atom stereocenters. The van der Waals surface area contributed by atoms with Crippen LogP contribution in [0, 0.1) is 0 Å². The van der Waals surface area contributed by atoms with Gasteiger partial charge in [-0.2, -0.15) is 5.10 Å². The maximum Gasteiger partial charge on any atom is 0.162 e. The van der Waals surface area contributed by atoms with E-state index in [1.165, 1.54) is 5.69 Å².